The fraction of sp³-hybridized carbons (Fsp3) is 0.400. The van der Waals surface area contributed by atoms with Crippen molar-refractivity contribution < 1.29 is 14.3 Å². The van der Waals surface area contributed by atoms with E-state index in [4.69, 9.17) is 9.52 Å². The van der Waals surface area contributed by atoms with E-state index >= 15 is 0 Å². The normalized spacial score (nSPS) is 13.0. The number of nitrogens with zero attached hydrogens (tertiary/aromatic N) is 1. The summed E-state index contributed by atoms with van der Waals surface area (Å²) in [5.74, 6) is -1.04. The molecule has 4 nitrogen and oxygen atoms in total. The number of carbonyl (C=O) groups is 1. The first-order chi connectivity index (χ1) is 9.08. The Kier molecular flexibility index (Phi) is 4.22. The van der Waals surface area contributed by atoms with Gasteiger partial charge in [0.15, 0.2) is 0 Å². The van der Waals surface area contributed by atoms with Gasteiger partial charge in [-0.2, -0.15) is 0 Å². The zero-order valence-electron chi connectivity index (χ0n) is 11.3. The lowest BCUT2D eigenvalue weighted by atomic mass is 10.1. The van der Waals surface area contributed by atoms with E-state index < -0.39 is 5.97 Å². The summed E-state index contributed by atoms with van der Waals surface area (Å²) in [6.45, 7) is 3.26. The van der Waals surface area contributed by atoms with Gasteiger partial charge in [0.25, 0.3) is 0 Å². The van der Waals surface area contributed by atoms with E-state index in [0.717, 1.165) is 29.6 Å². The molecule has 4 heteroatoms. The third-order valence-corrected chi connectivity index (χ3v) is 3.37. The van der Waals surface area contributed by atoms with Crippen molar-refractivity contribution >= 4 is 16.9 Å². The van der Waals surface area contributed by atoms with Gasteiger partial charge in [-0.3, -0.25) is 4.79 Å². The van der Waals surface area contributed by atoms with Crippen LogP contribution in [0.5, 0.6) is 0 Å². The van der Waals surface area contributed by atoms with E-state index in [1.807, 2.05) is 31.3 Å². The summed E-state index contributed by atoms with van der Waals surface area (Å²) in [7, 11) is 2.00. The topological polar surface area (TPSA) is 53.7 Å². The molecule has 0 fully saturated rings. The molecule has 1 N–H and O–H groups in total. The average Bonchev–Trinajstić information content (AvgIpc) is 2.79. The molecule has 1 heterocycles. The van der Waals surface area contributed by atoms with Crippen LogP contribution in [-0.2, 0) is 11.3 Å². The van der Waals surface area contributed by atoms with Crippen LogP contribution in [0.2, 0.25) is 0 Å². The maximum atomic E-state index is 10.8. The second-order valence-corrected chi connectivity index (χ2v) is 5.02. The number of furan rings is 1. The third-order valence-electron chi connectivity index (χ3n) is 3.37. The maximum absolute atomic E-state index is 10.8. The van der Waals surface area contributed by atoms with Crippen molar-refractivity contribution in [1.29, 1.82) is 0 Å². The number of fused-ring (bicyclic) bond motifs is 1. The van der Waals surface area contributed by atoms with E-state index in [1.165, 1.54) is 0 Å². The summed E-state index contributed by atoms with van der Waals surface area (Å²) in [5, 5.41) is 9.98. The first-order valence-corrected chi connectivity index (χ1v) is 6.44. The highest BCUT2D eigenvalue weighted by molar-refractivity contribution is 5.80. The van der Waals surface area contributed by atoms with Crippen LogP contribution in [0.25, 0.3) is 11.0 Å². The fourth-order valence-electron chi connectivity index (χ4n) is 2.06. The van der Waals surface area contributed by atoms with Crippen LogP contribution in [0, 0.1) is 5.92 Å². The Bertz CT molecular complexity index is 561. The van der Waals surface area contributed by atoms with Crippen LogP contribution in [-0.4, -0.2) is 29.6 Å². The molecule has 2 aromatic rings. The molecule has 102 valence electrons. The van der Waals surface area contributed by atoms with Gasteiger partial charge in [-0.25, -0.2) is 0 Å². The second-order valence-electron chi connectivity index (χ2n) is 5.02. The number of hydrogen-bond acceptors (Lipinski definition) is 3. The standard InChI is InChI=1S/C15H19NO3/c1-11(15(17)18)7-8-16(2)9-12-10-19-14-6-4-3-5-13(12)14/h3-6,10-11H,7-9H2,1-2H3,(H,17,18). The minimum absolute atomic E-state index is 0.302. The highest BCUT2D eigenvalue weighted by Crippen LogP contribution is 2.21. The van der Waals surface area contributed by atoms with Crippen molar-refractivity contribution in [2.24, 2.45) is 5.92 Å². The summed E-state index contributed by atoms with van der Waals surface area (Å²) in [6, 6.07) is 7.94. The Hall–Kier alpha value is -1.81. The molecule has 1 aromatic heterocycles. The monoisotopic (exact) mass is 261 g/mol. The molecule has 0 aliphatic carbocycles. The minimum atomic E-state index is -0.734. The van der Waals surface area contributed by atoms with Gasteiger partial charge in [-0.15, -0.1) is 0 Å². The average molecular weight is 261 g/mol. The Labute approximate surface area is 112 Å². The fourth-order valence-corrected chi connectivity index (χ4v) is 2.06. The number of carboxylic acids is 1. The molecule has 1 unspecified atom stereocenters. The molecule has 1 aromatic carbocycles. The summed E-state index contributed by atoms with van der Waals surface area (Å²) in [4.78, 5) is 12.9. The van der Waals surface area contributed by atoms with Gasteiger partial charge in [0, 0.05) is 17.5 Å². The van der Waals surface area contributed by atoms with Crippen molar-refractivity contribution in [2.45, 2.75) is 19.9 Å². The van der Waals surface area contributed by atoms with E-state index in [-0.39, 0.29) is 5.92 Å². The van der Waals surface area contributed by atoms with Crippen LogP contribution >= 0.6 is 0 Å². The zero-order valence-corrected chi connectivity index (χ0v) is 11.3. The molecule has 2 rings (SSSR count). The third kappa shape index (κ3) is 3.35. The van der Waals surface area contributed by atoms with Crippen LogP contribution in [0.4, 0.5) is 0 Å². The SMILES string of the molecule is CC(CCN(C)Cc1coc2ccccc12)C(=O)O. The summed E-state index contributed by atoms with van der Waals surface area (Å²) in [5.41, 5.74) is 2.03. The van der Waals surface area contributed by atoms with Crippen molar-refractivity contribution in [2.75, 3.05) is 13.6 Å². The predicted octanol–water partition coefficient (Wildman–Crippen LogP) is 2.98. The Morgan fingerprint density at radius 3 is 2.89 bits per heavy atom. The Morgan fingerprint density at radius 1 is 1.42 bits per heavy atom. The van der Waals surface area contributed by atoms with Gasteiger partial charge < -0.3 is 14.4 Å². The molecule has 19 heavy (non-hydrogen) atoms. The van der Waals surface area contributed by atoms with Gasteiger partial charge in [-0.05, 0) is 26.1 Å². The molecule has 1 atom stereocenters. The van der Waals surface area contributed by atoms with Gasteiger partial charge in [0.2, 0.25) is 0 Å². The van der Waals surface area contributed by atoms with Crippen LogP contribution in [0.3, 0.4) is 0 Å². The lowest BCUT2D eigenvalue weighted by Crippen LogP contribution is -2.23. The van der Waals surface area contributed by atoms with Gasteiger partial charge in [-0.1, -0.05) is 25.1 Å². The van der Waals surface area contributed by atoms with Crippen molar-refractivity contribution in [3.8, 4) is 0 Å². The molecule has 0 amide bonds. The highest BCUT2D eigenvalue weighted by atomic mass is 16.4. The van der Waals surface area contributed by atoms with Gasteiger partial charge in [0.1, 0.15) is 5.58 Å². The molecule has 0 aliphatic heterocycles. The molecule has 0 saturated carbocycles. The number of para-hydroxylation sites is 1. The van der Waals surface area contributed by atoms with E-state index in [9.17, 15) is 4.79 Å². The largest absolute Gasteiger partial charge is 0.481 e. The quantitative estimate of drug-likeness (QED) is 0.868. The van der Waals surface area contributed by atoms with E-state index in [1.54, 1.807) is 13.2 Å². The molecular weight excluding hydrogens is 242 g/mol. The minimum Gasteiger partial charge on any atom is -0.481 e. The van der Waals surface area contributed by atoms with Crippen molar-refractivity contribution in [3.05, 3.63) is 36.1 Å². The maximum Gasteiger partial charge on any atom is 0.306 e. The molecule has 0 bridgehead atoms. The number of rotatable bonds is 6. The van der Waals surface area contributed by atoms with E-state index in [0.29, 0.717) is 6.42 Å². The first kappa shape index (κ1) is 13.6. The molecule has 0 aliphatic rings. The van der Waals surface area contributed by atoms with E-state index in [2.05, 4.69) is 4.90 Å². The Balaban J connectivity index is 1.95. The summed E-state index contributed by atoms with van der Waals surface area (Å²) >= 11 is 0. The summed E-state index contributed by atoms with van der Waals surface area (Å²) < 4.78 is 5.49. The van der Waals surface area contributed by atoms with Crippen LogP contribution in [0.15, 0.2) is 34.9 Å². The van der Waals surface area contributed by atoms with Crippen molar-refractivity contribution in [3.63, 3.8) is 0 Å². The van der Waals surface area contributed by atoms with Crippen LogP contribution in [0.1, 0.15) is 18.9 Å². The van der Waals surface area contributed by atoms with Crippen LogP contribution < -0.4 is 0 Å². The molecule has 0 spiro atoms. The zero-order chi connectivity index (χ0) is 13.8. The van der Waals surface area contributed by atoms with Gasteiger partial charge >= 0.3 is 5.97 Å². The number of benzene rings is 1. The first-order valence-electron chi connectivity index (χ1n) is 6.44. The number of aliphatic carboxylic acids is 1. The lowest BCUT2D eigenvalue weighted by Gasteiger charge is -2.17. The van der Waals surface area contributed by atoms with Gasteiger partial charge in [0.05, 0.1) is 12.2 Å². The molecule has 0 saturated heterocycles. The summed E-state index contributed by atoms with van der Waals surface area (Å²) in [6.07, 6.45) is 2.43. The number of hydrogen-bond donors (Lipinski definition) is 1. The molecule has 0 radical (unpaired) electrons. The second kappa shape index (κ2) is 5.89. The smallest absolute Gasteiger partial charge is 0.306 e. The molecular formula is C15H19NO3. The predicted molar refractivity (Wildman–Crippen MR) is 74.0 cm³/mol. The van der Waals surface area contributed by atoms with Crippen molar-refractivity contribution in [1.82, 2.24) is 4.90 Å². The number of carboxylic acid groups (broad SMARTS) is 1. The highest BCUT2D eigenvalue weighted by Gasteiger charge is 2.13. The Morgan fingerprint density at radius 2 is 2.16 bits per heavy atom. The lowest BCUT2D eigenvalue weighted by molar-refractivity contribution is -0.141.